The van der Waals surface area contributed by atoms with E-state index in [1.807, 2.05) is 11.8 Å². The van der Waals surface area contributed by atoms with Gasteiger partial charge in [-0.05, 0) is 49.7 Å². The molecule has 2 aromatic rings. The van der Waals surface area contributed by atoms with Gasteiger partial charge in [-0.1, -0.05) is 23.7 Å². The summed E-state index contributed by atoms with van der Waals surface area (Å²) >= 11 is 11.9. The van der Waals surface area contributed by atoms with Crippen molar-refractivity contribution in [3.63, 3.8) is 0 Å². The summed E-state index contributed by atoms with van der Waals surface area (Å²) in [4.78, 5) is 17.0. The molecule has 7 heteroatoms. The average Bonchev–Trinajstić information content (AvgIpc) is 2.70. The van der Waals surface area contributed by atoms with Crippen molar-refractivity contribution in [3.8, 4) is 5.75 Å². The van der Waals surface area contributed by atoms with E-state index in [2.05, 4.69) is 11.8 Å². The quantitative estimate of drug-likeness (QED) is 0.611. The molecule has 1 fully saturated rings. The minimum Gasteiger partial charge on any atom is -0.483 e. The van der Waals surface area contributed by atoms with Gasteiger partial charge < -0.3 is 9.64 Å². The molecular formula is C22H25Cl2FN2O2. The number of halogens is 3. The minimum atomic E-state index is -0.233. The second kappa shape index (κ2) is 9.79. The van der Waals surface area contributed by atoms with Crippen LogP contribution in [0.15, 0.2) is 42.5 Å². The molecule has 4 nitrogen and oxygen atoms in total. The fraction of sp³-hybridized carbons (Fsp3) is 0.409. The van der Waals surface area contributed by atoms with Crippen LogP contribution in [0.5, 0.6) is 5.75 Å². The van der Waals surface area contributed by atoms with Crippen LogP contribution < -0.4 is 4.74 Å². The molecule has 0 aliphatic carbocycles. The largest absolute Gasteiger partial charge is 0.483 e. The van der Waals surface area contributed by atoms with Crippen molar-refractivity contribution in [3.05, 3.63) is 64.4 Å². The second-order valence-corrected chi connectivity index (χ2v) is 8.18. The predicted octanol–water partition coefficient (Wildman–Crippen LogP) is 4.72. The van der Waals surface area contributed by atoms with Crippen molar-refractivity contribution in [2.75, 3.05) is 19.7 Å². The van der Waals surface area contributed by atoms with E-state index in [4.69, 9.17) is 27.9 Å². The van der Waals surface area contributed by atoms with Gasteiger partial charge in [0.15, 0.2) is 6.61 Å². The predicted molar refractivity (Wildman–Crippen MR) is 114 cm³/mol. The fourth-order valence-electron chi connectivity index (χ4n) is 3.61. The first kappa shape index (κ1) is 21.9. The molecule has 0 aromatic heterocycles. The average molecular weight is 439 g/mol. The Balaban J connectivity index is 1.58. The van der Waals surface area contributed by atoms with Crippen molar-refractivity contribution >= 4 is 29.1 Å². The number of alkyl halides is 1. The van der Waals surface area contributed by atoms with Crippen LogP contribution in [0.25, 0.3) is 0 Å². The van der Waals surface area contributed by atoms with E-state index >= 15 is 0 Å². The number of nitrogens with zero attached hydrogens (tertiary/aromatic N) is 2. The molecule has 1 heterocycles. The van der Waals surface area contributed by atoms with E-state index in [1.165, 1.54) is 12.1 Å². The highest BCUT2D eigenvalue weighted by Crippen LogP contribution is 2.25. The van der Waals surface area contributed by atoms with E-state index < -0.39 is 0 Å². The number of ether oxygens (including phenoxy) is 1. The van der Waals surface area contributed by atoms with Crippen LogP contribution in [0, 0.1) is 5.82 Å². The summed E-state index contributed by atoms with van der Waals surface area (Å²) in [7, 11) is 0. The van der Waals surface area contributed by atoms with Crippen LogP contribution in [0.1, 0.15) is 25.0 Å². The fourth-order valence-corrected chi connectivity index (χ4v) is 4.01. The number of benzene rings is 2. The molecule has 0 radical (unpaired) electrons. The summed E-state index contributed by atoms with van der Waals surface area (Å²) in [6, 6.07) is 12.0. The molecule has 2 atom stereocenters. The Morgan fingerprint density at radius 3 is 2.55 bits per heavy atom. The van der Waals surface area contributed by atoms with Crippen molar-refractivity contribution in [1.29, 1.82) is 0 Å². The van der Waals surface area contributed by atoms with Crippen LogP contribution in [0.2, 0.25) is 5.02 Å². The third-order valence-electron chi connectivity index (χ3n) is 5.25. The SMILES string of the molecule is CC1CN(C(=O)COc2ccc(Cl)cc2CCl)C(C)CN1Cc1ccc(F)cc1. The maximum atomic E-state index is 13.1. The Morgan fingerprint density at radius 2 is 1.86 bits per heavy atom. The smallest absolute Gasteiger partial charge is 0.260 e. The summed E-state index contributed by atoms with van der Waals surface area (Å²) in [6.45, 7) is 6.19. The summed E-state index contributed by atoms with van der Waals surface area (Å²) in [5.41, 5.74) is 1.82. The number of piperazine rings is 1. The Bertz CT molecular complexity index is 847. The van der Waals surface area contributed by atoms with Gasteiger partial charge in [0.05, 0.1) is 5.88 Å². The molecule has 156 valence electrons. The lowest BCUT2D eigenvalue weighted by atomic mass is 10.1. The van der Waals surface area contributed by atoms with Crippen molar-refractivity contribution in [2.24, 2.45) is 0 Å². The Hall–Kier alpha value is -1.82. The molecular weight excluding hydrogens is 414 g/mol. The Morgan fingerprint density at radius 1 is 1.14 bits per heavy atom. The lowest BCUT2D eigenvalue weighted by Gasteiger charge is -2.44. The molecule has 2 aromatic carbocycles. The van der Waals surface area contributed by atoms with Gasteiger partial charge in [0.25, 0.3) is 5.91 Å². The molecule has 1 saturated heterocycles. The second-order valence-electron chi connectivity index (χ2n) is 7.47. The number of carbonyl (C=O) groups excluding carboxylic acids is 1. The van der Waals surface area contributed by atoms with Crippen LogP contribution in [0.3, 0.4) is 0 Å². The molecule has 0 spiro atoms. The third kappa shape index (κ3) is 5.62. The maximum absolute atomic E-state index is 13.1. The van der Waals surface area contributed by atoms with E-state index in [0.717, 1.165) is 24.2 Å². The number of carbonyl (C=O) groups is 1. The van der Waals surface area contributed by atoms with Gasteiger partial charge in [0, 0.05) is 42.3 Å². The van der Waals surface area contributed by atoms with Gasteiger partial charge in [-0.3, -0.25) is 9.69 Å². The molecule has 1 aliphatic rings. The highest BCUT2D eigenvalue weighted by atomic mass is 35.5. The summed E-state index contributed by atoms with van der Waals surface area (Å²) in [5, 5.41) is 0.582. The molecule has 29 heavy (non-hydrogen) atoms. The van der Waals surface area contributed by atoms with Gasteiger partial charge in [-0.2, -0.15) is 0 Å². The monoisotopic (exact) mass is 438 g/mol. The van der Waals surface area contributed by atoms with Gasteiger partial charge >= 0.3 is 0 Å². The number of rotatable bonds is 6. The number of hydrogen-bond acceptors (Lipinski definition) is 3. The van der Waals surface area contributed by atoms with Crippen LogP contribution >= 0.6 is 23.2 Å². The zero-order valence-electron chi connectivity index (χ0n) is 16.6. The van der Waals surface area contributed by atoms with Crippen molar-refractivity contribution in [2.45, 2.75) is 38.4 Å². The summed E-state index contributed by atoms with van der Waals surface area (Å²) < 4.78 is 18.9. The number of amides is 1. The zero-order chi connectivity index (χ0) is 21.0. The lowest BCUT2D eigenvalue weighted by Crippen LogP contribution is -2.58. The molecule has 0 N–H and O–H groups in total. The van der Waals surface area contributed by atoms with Crippen LogP contribution in [-0.4, -0.2) is 47.5 Å². The van der Waals surface area contributed by atoms with Gasteiger partial charge in [-0.25, -0.2) is 4.39 Å². The molecule has 1 amide bonds. The number of hydrogen-bond donors (Lipinski definition) is 0. The van der Waals surface area contributed by atoms with E-state index in [-0.39, 0.29) is 36.3 Å². The van der Waals surface area contributed by atoms with Crippen molar-refractivity contribution < 1.29 is 13.9 Å². The first-order chi connectivity index (χ1) is 13.9. The highest BCUT2D eigenvalue weighted by Gasteiger charge is 2.32. The van der Waals surface area contributed by atoms with E-state index in [0.29, 0.717) is 17.3 Å². The van der Waals surface area contributed by atoms with Gasteiger partial charge in [-0.15, -0.1) is 11.6 Å². The molecule has 2 unspecified atom stereocenters. The minimum absolute atomic E-state index is 0.0411. The maximum Gasteiger partial charge on any atom is 0.260 e. The first-order valence-electron chi connectivity index (χ1n) is 9.62. The van der Waals surface area contributed by atoms with Crippen LogP contribution in [-0.2, 0) is 17.2 Å². The summed E-state index contributed by atoms with van der Waals surface area (Å²) in [6.07, 6.45) is 0. The molecule has 1 aliphatic heterocycles. The Labute approximate surface area is 181 Å². The Kier molecular flexibility index (Phi) is 7.38. The van der Waals surface area contributed by atoms with Crippen molar-refractivity contribution in [1.82, 2.24) is 9.80 Å². The van der Waals surface area contributed by atoms with E-state index in [9.17, 15) is 9.18 Å². The lowest BCUT2D eigenvalue weighted by molar-refractivity contribution is -0.139. The zero-order valence-corrected chi connectivity index (χ0v) is 18.1. The van der Waals surface area contributed by atoms with E-state index in [1.54, 1.807) is 30.3 Å². The molecule has 3 rings (SSSR count). The third-order valence-corrected chi connectivity index (χ3v) is 5.78. The van der Waals surface area contributed by atoms with Crippen LogP contribution in [0.4, 0.5) is 4.39 Å². The van der Waals surface area contributed by atoms with Gasteiger partial charge in [0.1, 0.15) is 11.6 Å². The normalized spacial score (nSPS) is 20.0. The summed E-state index contributed by atoms with van der Waals surface area (Å²) in [5.74, 6) is 0.554. The standard InChI is InChI=1S/C22H25Cl2FN2O2/c1-15-12-27(16(2)11-26(15)13-17-3-6-20(25)7-4-17)22(28)14-29-21-8-5-19(24)9-18(21)10-23/h3-9,15-16H,10-14H2,1-2H3. The topological polar surface area (TPSA) is 32.8 Å². The molecule has 0 bridgehead atoms. The molecule has 0 saturated carbocycles. The highest BCUT2D eigenvalue weighted by molar-refractivity contribution is 6.30. The van der Waals surface area contributed by atoms with Gasteiger partial charge in [0.2, 0.25) is 0 Å². The first-order valence-corrected chi connectivity index (χ1v) is 10.5.